The molecule has 0 radical (unpaired) electrons. The summed E-state index contributed by atoms with van der Waals surface area (Å²) < 4.78 is 38.4. The second-order valence-electron chi connectivity index (χ2n) is 9.08. The highest BCUT2D eigenvalue weighted by Gasteiger charge is 2.31. The lowest BCUT2D eigenvalue weighted by atomic mass is 9.92. The number of nitrogens with zero attached hydrogens (tertiary/aromatic N) is 2. The summed E-state index contributed by atoms with van der Waals surface area (Å²) in [4.78, 5) is 16.7. The molecule has 1 atom stereocenters. The molecular weight excluding hydrogens is 468 g/mol. The zero-order chi connectivity index (χ0) is 24.8. The van der Waals surface area contributed by atoms with E-state index in [-0.39, 0.29) is 16.8 Å². The molecule has 1 unspecified atom stereocenters. The molecule has 10 heteroatoms. The van der Waals surface area contributed by atoms with E-state index in [9.17, 15) is 13.2 Å². The Hall–Kier alpha value is -2.85. The molecular formula is C25H34N4O5S. The fourth-order valence-electron chi connectivity index (χ4n) is 4.81. The zero-order valence-electron chi connectivity index (χ0n) is 20.3. The number of piperidine rings is 1. The minimum Gasteiger partial charge on any atom is -0.497 e. The number of hydrogen-bond donors (Lipinski definition) is 2. The van der Waals surface area contributed by atoms with E-state index >= 15 is 0 Å². The van der Waals surface area contributed by atoms with Crippen LogP contribution in [0.1, 0.15) is 37.7 Å². The van der Waals surface area contributed by atoms with Crippen LogP contribution in [0.5, 0.6) is 11.5 Å². The molecule has 2 aliphatic heterocycles. The van der Waals surface area contributed by atoms with E-state index in [0.29, 0.717) is 43.5 Å². The molecule has 1 saturated heterocycles. The van der Waals surface area contributed by atoms with E-state index in [0.717, 1.165) is 43.4 Å². The first-order chi connectivity index (χ1) is 16.9. The lowest BCUT2D eigenvalue weighted by molar-refractivity contribution is -0.121. The van der Waals surface area contributed by atoms with Crippen molar-refractivity contribution < 1.29 is 22.7 Å². The van der Waals surface area contributed by atoms with Crippen molar-refractivity contribution in [3.63, 3.8) is 0 Å². The van der Waals surface area contributed by atoms with Crippen LogP contribution in [0.15, 0.2) is 41.6 Å². The third-order valence-corrected chi connectivity index (χ3v) is 8.81. The van der Waals surface area contributed by atoms with Gasteiger partial charge in [-0.1, -0.05) is 12.8 Å². The van der Waals surface area contributed by atoms with Crippen LogP contribution in [0.2, 0.25) is 0 Å². The fraction of sp³-hybridized carbons (Fsp3) is 0.520. The third-order valence-electron chi connectivity index (χ3n) is 6.87. The summed E-state index contributed by atoms with van der Waals surface area (Å²) in [5.74, 6) is 1.36. The Kier molecular flexibility index (Phi) is 8.12. The van der Waals surface area contributed by atoms with Crippen molar-refractivity contribution in [2.75, 3.05) is 39.2 Å². The number of sulfonamides is 1. The van der Waals surface area contributed by atoms with Crippen LogP contribution in [-0.4, -0.2) is 63.5 Å². The van der Waals surface area contributed by atoms with Crippen molar-refractivity contribution in [1.29, 1.82) is 0 Å². The smallest absolute Gasteiger partial charge is 0.246 e. The van der Waals surface area contributed by atoms with Gasteiger partial charge in [-0.2, -0.15) is 4.31 Å². The zero-order valence-corrected chi connectivity index (χ0v) is 21.1. The SMILES string of the molecule is COc1ccc(S(=O)(=O)N2CCC(CCCCNC(=O)C3Cc4cnccc4N3)CC2)c(OC)c1. The molecule has 2 N–H and O–H groups in total. The van der Waals surface area contributed by atoms with Crippen LogP contribution in [0.3, 0.4) is 0 Å². The molecule has 3 heterocycles. The average molecular weight is 503 g/mol. The molecule has 1 aromatic heterocycles. The number of carbonyl (C=O) groups is 1. The average Bonchev–Trinajstić information content (AvgIpc) is 3.33. The van der Waals surface area contributed by atoms with Crippen molar-refractivity contribution in [3.05, 3.63) is 42.2 Å². The maximum absolute atomic E-state index is 13.2. The highest BCUT2D eigenvalue weighted by atomic mass is 32.2. The summed E-state index contributed by atoms with van der Waals surface area (Å²) in [6, 6.07) is 6.44. The van der Waals surface area contributed by atoms with E-state index in [1.165, 1.54) is 14.2 Å². The topological polar surface area (TPSA) is 110 Å². The van der Waals surface area contributed by atoms with Crippen molar-refractivity contribution in [3.8, 4) is 11.5 Å². The monoisotopic (exact) mass is 502 g/mol. The first-order valence-electron chi connectivity index (χ1n) is 12.1. The van der Waals surface area contributed by atoms with Gasteiger partial charge in [0.1, 0.15) is 22.4 Å². The van der Waals surface area contributed by atoms with Crippen LogP contribution in [0.25, 0.3) is 0 Å². The first kappa shape index (κ1) is 25.2. The van der Waals surface area contributed by atoms with Gasteiger partial charge >= 0.3 is 0 Å². The summed E-state index contributed by atoms with van der Waals surface area (Å²) in [5.41, 5.74) is 2.06. The van der Waals surface area contributed by atoms with E-state index in [1.54, 1.807) is 34.9 Å². The number of pyridine rings is 1. The van der Waals surface area contributed by atoms with Crippen molar-refractivity contribution in [2.45, 2.75) is 49.5 Å². The Morgan fingerprint density at radius 3 is 2.69 bits per heavy atom. The predicted octanol–water partition coefficient (Wildman–Crippen LogP) is 2.82. The quantitative estimate of drug-likeness (QED) is 0.481. The van der Waals surface area contributed by atoms with E-state index in [2.05, 4.69) is 15.6 Å². The number of methoxy groups -OCH3 is 2. The minimum absolute atomic E-state index is 0.0219. The fourth-order valence-corrected chi connectivity index (χ4v) is 6.41. The van der Waals surface area contributed by atoms with Gasteiger partial charge in [-0.25, -0.2) is 8.42 Å². The second-order valence-corrected chi connectivity index (χ2v) is 11.0. The molecule has 0 spiro atoms. The van der Waals surface area contributed by atoms with Gasteiger partial charge in [0.25, 0.3) is 0 Å². The number of rotatable bonds is 10. The predicted molar refractivity (Wildman–Crippen MR) is 133 cm³/mol. The summed E-state index contributed by atoms with van der Waals surface area (Å²) >= 11 is 0. The molecule has 35 heavy (non-hydrogen) atoms. The maximum Gasteiger partial charge on any atom is 0.246 e. The number of amides is 1. The molecule has 0 saturated carbocycles. The number of fused-ring (bicyclic) bond motifs is 1. The number of ether oxygens (including phenoxy) is 2. The number of benzene rings is 1. The molecule has 4 rings (SSSR count). The number of nitrogens with one attached hydrogen (secondary N) is 2. The van der Waals surface area contributed by atoms with Crippen LogP contribution in [0, 0.1) is 5.92 Å². The molecule has 190 valence electrons. The van der Waals surface area contributed by atoms with Gasteiger partial charge in [0, 0.05) is 50.2 Å². The van der Waals surface area contributed by atoms with E-state index in [4.69, 9.17) is 9.47 Å². The summed E-state index contributed by atoms with van der Waals surface area (Å²) in [6.45, 7) is 1.65. The first-order valence-corrected chi connectivity index (χ1v) is 13.6. The Labute approximate surface area is 207 Å². The lowest BCUT2D eigenvalue weighted by Crippen LogP contribution is -2.39. The van der Waals surface area contributed by atoms with Crippen LogP contribution in [0.4, 0.5) is 5.69 Å². The van der Waals surface area contributed by atoms with E-state index < -0.39 is 10.0 Å². The highest BCUT2D eigenvalue weighted by molar-refractivity contribution is 7.89. The molecule has 0 bridgehead atoms. The van der Waals surface area contributed by atoms with Gasteiger partial charge in [-0.15, -0.1) is 0 Å². The van der Waals surface area contributed by atoms with Crippen molar-refractivity contribution >= 4 is 21.6 Å². The van der Waals surface area contributed by atoms with E-state index in [1.807, 2.05) is 6.07 Å². The molecule has 2 aromatic rings. The van der Waals surface area contributed by atoms with Gasteiger partial charge < -0.3 is 20.1 Å². The molecule has 1 fully saturated rings. The summed E-state index contributed by atoms with van der Waals surface area (Å²) in [7, 11) is -0.630. The summed E-state index contributed by atoms with van der Waals surface area (Å²) in [6.07, 6.45) is 8.82. The van der Waals surface area contributed by atoms with Gasteiger partial charge in [0.05, 0.1) is 14.2 Å². The van der Waals surface area contributed by atoms with Crippen molar-refractivity contribution in [1.82, 2.24) is 14.6 Å². The van der Waals surface area contributed by atoms with Gasteiger partial charge in [0.15, 0.2) is 0 Å². The number of anilines is 1. The third kappa shape index (κ3) is 5.87. The Morgan fingerprint density at radius 2 is 1.97 bits per heavy atom. The molecule has 1 aromatic carbocycles. The number of carbonyl (C=O) groups excluding carboxylic acids is 1. The summed E-state index contributed by atoms with van der Waals surface area (Å²) in [5, 5.41) is 6.28. The molecule has 1 amide bonds. The second kappa shape index (κ2) is 11.3. The molecule has 0 aliphatic carbocycles. The normalized spacial score (nSPS) is 18.5. The maximum atomic E-state index is 13.2. The standard InChI is InChI=1S/C25H34N4O5S/c1-33-20-6-7-24(23(16-20)34-2)35(31,32)29-13-9-18(10-14-29)5-3-4-11-27-25(30)22-15-19-17-26-12-8-21(19)28-22/h6-8,12,16-18,22,28H,3-5,9-11,13-15H2,1-2H3,(H,27,30). The van der Waals surface area contributed by atoms with Gasteiger partial charge in [-0.3, -0.25) is 9.78 Å². The Bertz CT molecular complexity index is 1110. The largest absolute Gasteiger partial charge is 0.497 e. The molecule has 2 aliphatic rings. The van der Waals surface area contributed by atoms with Gasteiger partial charge in [-0.05, 0) is 48.9 Å². The number of unbranched alkanes of at least 4 members (excludes halogenated alkanes) is 1. The Morgan fingerprint density at radius 1 is 1.17 bits per heavy atom. The van der Waals surface area contributed by atoms with Crippen LogP contribution < -0.4 is 20.1 Å². The van der Waals surface area contributed by atoms with Crippen LogP contribution >= 0.6 is 0 Å². The van der Waals surface area contributed by atoms with Gasteiger partial charge in [0.2, 0.25) is 15.9 Å². The van der Waals surface area contributed by atoms with Crippen LogP contribution in [-0.2, 0) is 21.2 Å². The highest BCUT2D eigenvalue weighted by Crippen LogP contribution is 2.33. The van der Waals surface area contributed by atoms with Crippen molar-refractivity contribution in [2.24, 2.45) is 5.92 Å². The number of aromatic nitrogens is 1. The number of hydrogen-bond acceptors (Lipinski definition) is 7. The lowest BCUT2D eigenvalue weighted by Gasteiger charge is -2.31. The molecule has 9 nitrogen and oxygen atoms in total. The Balaban J connectivity index is 1.17. The minimum atomic E-state index is -3.62.